The number of ketones is 1. The lowest BCUT2D eigenvalue weighted by atomic mass is 9.75. The molecule has 1 fully saturated rings. The van der Waals surface area contributed by atoms with E-state index in [4.69, 9.17) is 4.74 Å². The van der Waals surface area contributed by atoms with Gasteiger partial charge in [0.1, 0.15) is 16.3 Å². The van der Waals surface area contributed by atoms with Crippen molar-refractivity contribution in [2.24, 2.45) is 11.8 Å². The number of carbonyl (C=O) groups is 2. The van der Waals surface area contributed by atoms with Gasteiger partial charge in [0, 0.05) is 16.7 Å². The minimum Gasteiger partial charge on any atom is -0.431 e. The largest absolute Gasteiger partial charge is 0.431 e. The van der Waals surface area contributed by atoms with Gasteiger partial charge in [0.05, 0.1) is 17.2 Å². The Labute approximate surface area is 132 Å². The fourth-order valence-corrected chi connectivity index (χ4v) is 5.27. The first kappa shape index (κ1) is 15.2. The Morgan fingerprint density at radius 2 is 2.00 bits per heavy atom. The topological polar surface area (TPSA) is 60.4 Å². The van der Waals surface area contributed by atoms with Crippen molar-refractivity contribution >= 4 is 22.6 Å². The van der Waals surface area contributed by atoms with Crippen LogP contribution in [0.2, 0.25) is 0 Å². The zero-order valence-corrected chi connectivity index (χ0v) is 13.4. The summed E-state index contributed by atoms with van der Waals surface area (Å²) in [6.07, 6.45) is 2.46. The quantitative estimate of drug-likeness (QED) is 0.804. The molecule has 0 radical (unpaired) electrons. The van der Waals surface area contributed by atoms with Crippen LogP contribution >= 0.6 is 0 Å². The fourth-order valence-electron chi connectivity index (χ4n) is 3.43. The molecule has 1 aliphatic heterocycles. The molecule has 5 heteroatoms. The van der Waals surface area contributed by atoms with E-state index in [0.717, 1.165) is 0 Å². The third-order valence-corrected chi connectivity index (χ3v) is 6.82. The van der Waals surface area contributed by atoms with Crippen LogP contribution in [0.1, 0.15) is 26.7 Å². The number of hydrogen-bond acceptors (Lipinski definition) is 4. The van der Waals surface area contributed by atoms with Crippen molar-refractivity contribution in [1.29, 1.82) is 0 Å². The maximum atomic E-state index is 13.2. The van der Waals surface area contributed by atoms with Gasteiger partial charge < -0.3 is 4.74 Å². The van der Waals surface area contributed by atoms with E-state index in [1.807, 2.05) is 25.1 Å². The molecule has 0 aromatic heterocycles. The molecule has 0 saturated carbocycles. The maximum Gasteiger partial charge on any atom is 0.311 e. The Morgan fingerprint density at radius 3 is 2.64 bits per heavy atom. The molecule has 0 N–H and O–H groups in total. The molecule has 0 bridgehead atoms. The average molecular weight is 318 g/mol. The second-order valence-corrected chi connectivity index (χ2v) is 7.70. The van der Waals surface area contributed by atoms with Gasteiger partial charge >= 0.3 is 5.97 Å². The molecule has 1 saturated heterocycles. The highest BCUT2D eigenvalue weighted by molar-refractivity contribution is 7.87. The Morgan fingerprint density at radius 1 is 1.32 bits per heavy atom. The monoisotopic (exact) mass is 318 g/mol. The number of ether oxygens (including phenoxy) is 1. The number of allylic oxidation sites excluding steroid dienone is 2. The number of esters is 1. The van der Waals surface area contributed by atoms with E-state index in [1.165, 1.54) is 6.92 Å². The van der Waals surface area contributed by atoms with Crippen LogP contribution in [-0.4, -0.2) is 20.7 Å². The molecule has 22 heavy (non-hydrogen) atoms. The van der Waals surface area contributed by atoms with Crippen LogP contribution in [0.5, 0.6) is 0 Å². The van der Waals surface area contributed by atoms with E-state index in [9.17, 15) is 13.8 Å². The molecule has 1 aromatic rings. The number of carbonyl (C=O) groups excluding carboxylic acids is 2. The molecule has 2 aliphatic rings. The van der Waals surface area contributed by atoms with Gasteiger partial charge in [0.15, 0.2) is 0 Å². The maximum absolute atomic E-state index is 13.2. The summed E-state index contributed by atoms with van der Waals surface area (Å²) in [5.41, 5.74) is 0. The summed E-state index contributed by atoms with van der Waals surface area (Å²) in [4.78, 5) is 24.6. The molecule has 116 valence electrons. The van der Waals surface area contributed by atoms with E-state index < -0.39 is 15.5 Å². The summed E-state index contributed by atoms with van der Waals surface area (Å²) in [7, 11) is -1.47. The summed E-state index contributed by atoms with van der Waals surface area (Å²) >= 11 is 0. The Hall–Kier alpha value is -1.75. The minimum absolute atomic E-state index is 0.100. The Kier molecular flexibility index (Phi) is 3.77. The molecular weight excluding hydrogens is 300 g/mol. The van der Waals surface area contributed by atoms with Crippen LogP contribution in [0.4, 0.5) is 0 Å². The van der Waals surface area contributed by atoms with Crippen LogP contribution in [0.3, 0.4) is 0 Å². The minimum atomic E-state index is -1.47. The second kappa shape index (κ2) is 5.47. The lowest BCUT2D eigenvalue weighted by molar-refractivity contribution is -0.135. The van der Waals surface area contributed by atoms with Crippen LogP contribution in [0, 0.1) is 11.8 Å². The molecule has 1 aliphatic carbocycles. The molecule has 4 atom stereocenters. The van der Waals surface area contributed by atoms with Gasteiger partial charge in [-0.15, -0.1) is 0 Å². The highest BCUT2D eigenvalue weighted by atomic mass is 32.2. The summed E-state index contributed by atoms with van der Waals surface area (Å²) in [6, 6.07) is 9.05. The summed E-state index contributed by atoms with van der Waals surface area (Å²) < 4.78 is 17.4. The lowest BCUT2D eigenvalue weighted by Gasteiger charge is -2.39. The van der Waals surface area contributed by atoms with E-state index in [-0.39, 0.29) is 30.0 Å². The standard InChI is InChI=1S/C17H18O4S/c1-11-8-15-13(9-16(19)21-15)10-17(11,12(2)18)22(20)14-6-4-3-5-7-14/h3-8,11,13H,9-10H2,1-2H3/t11-,13-,17-,22?/m1/s1. The SMILES string of the molecule is CC(=O)[C@@]1(S(=O)c2ccccc2)C[C@H]2CC(=O)OC2=C[C@H]1C. The Bertz CT molecular complexity index is 679. The van der Waals surface area contributed by atoms with Gasteiger partial charge in [-0.05, 0) is 31.6 Å². The van der Waals surface area contributed by atoms with E-state index in [2.05, 4.69) is 0 Å². The number of fused-ring (bicyclic) bond motifs is 1. The van der Waals surface area contributed by atoms with Crippen molar-refractivity contribution in [1.82, 2.24) is 0 Å². The number of benzene rings is 1. The van der Waals surface area contributed by atoms with Crippen molar-refractivity contribution in [3.8, 4) is 0 Å². The second-order valence-electron chi connectivity index (χ2n) is 5.96. The molecular formula is C17H18O4S. The highest BCUT2D eigenvalue weighted by Gasteiger charge is 2.53. The zero-order valence-electron chi connectivity index (χ0n) is 12.6. The number of hydrogen-bond donors (Lipinski definition) is 0. The van der Waals surface area contributed by atoms with E-state index >= 15 is 0 Å². The van der Waals surface area contributed by atoms with Crippen molar-refractivity contribution in [2.45, 2.75) is 36.3 Å². The van der Waals surface area contributed by atoms with Gasteiger partial charge in [0.25, 0.3) is 0 Å². The van der Waals surface area contributed by atoms with Crippen molar-refractivity contribution in [2.75, 3.05) is 0 Å². The van der Waals surface area contributed by atoms with Crippen LogP contribution in [0.15, 0.2) is 47.1 Å². The van der Waals surface area contributed by atoms with Gasteiger partial charge in [-0.2, -0.15) is 0 Å². The summed E-state index contributed by atoms with van der Waals surface area (Å²) in [6.45, 7) is 3.37. The predicted octanol–water partition coefficient (Wildman–Crippen LogP) is 2.61. The Balaban J connectivity index is 2.05. The van der Waals surface area contributed by atoms with E-state index in [0.29, 0.717) is 17.1 Å². The zero-order chi connectivity index (χ0) is 15.9. The molecule has 1 aromatic carbocycles. The van der Waals surface area contributed by atoms with Crippen LogP contribution < -0.4 is 0 Å². The normalized spacial score (nSPS) is 31.9. The van der Waals surface area contributed by atoms with Crippen molar-refractivity contribution < 1.29 is 18.5 Å². The van der Waals surface area contributed by atoms with Crippen LogP contribution in [0.25, 0.3) is 0 Å². The predicted molar refractivity (Wildman–Crippen MR) is 82.3 cm³/mol. The van der Waals surface area contributed by atoms with Crippen molar-refractivity contribution in [3.63, 3.8) is 0 Å². The average Bonchev–Trinajstić information content (AvgIpc) is 2.85. The first-order chi connectivity index (χ1) is 10.4. The first-order valence-corrected chi connectivity index (χ1v) is 8.50. The lowest BCUT2D eigenvalue weighted by Crippen LogP contribution is -2.50. The fraction of sp³-hybridized carbons (Fsp3) is 0.412. The van der Waals surface area contributed by atoms with E-state index in [1.54, 1.807) is 18.2 Å². The summed E-state index contributed by atoms with van der Waals surface area (Å²) in [5.74, 6) is -0.118. The number of rotatable bonds is 3. The van der Waals surface area contributed by atoms with Crippen molar-refractivity contribution in [3.05, 3.63) is 42.2 Å². The molecule has 4 nitrogen and oxygen atoms in total. The van der Waals surface area contributed by atoms with Crippen LogP contribution in [-0.2, 0) is 25.1 Å². The summed E-state index contributed by atoms with van der Waals surface area (Å²) in [5, 5.41) is 0. The third kappa shape index (κ3) is 2.24. The third-order valence-electron chi connectivity index (χ3n) is 4.63. The van der Waals surface area contributed by atoms with Gasteiger partial charge in [-0.3, -0.25) is 13.8 Å². The molecule has 0 spiro atoms. The molecule has 0 amide bonds. The highest BCUT2D eigenvalue weighted by Crippen LogP contribution is 2.46. The van der Waals surface area contributed by atoms with Gasteiger partial charge in [-0.1, -0.05) is 25.1 Å². The van der Waals surface area contributed by atoms with Gasteiger partial charge in [-0.25, -0.2) is 0 Å². The smallest absolute Gasteiger partial charge is 0.311 e. The first-order valence-electron chi connectivity index (χ1n) is 7.35. The van der Waals surface area contributed by atoms with Gasteiger partial charge in [0.2, 0.25) is 0 Å². The molecule has 3 rings (SSSR count). The molecule has 1 unspecified atom stereocenters. The molecule has 1 heterocycles. The number of Topliss-reactive ketones (excluding diaryl/α,β-unsaturated/α-hetero) is 1.